The van der Waals surface area contributed by atoms with E-state index >= 15 is 0 Å². The summed E-state index contributed by atoms with van der Waals surface area (Å²) >= 11 is 0. The Morgan fingerprint density at radius 1 is 1.28 bits per heavy atom. The van der Waals surface area contributed by atoms with Crippen LogP contribution in [0.2, 0.25) is 0 Å². The van der Waals surface area contributed by atoms with E-state index < -0.39 is 0 Å². The second-order valence-electron chi connectivity index (χ2n) is 5.43. The predicted octanol–water partition coefficient (Wildman–Crippen LogP) is 1.57. The second-order valence-corrected chi connectivity index (χ2v) is 5.43. The summed E-state index contributed by atoms with van der Waals surface area (Å²) in [6, 6.07) is 2.78. The molecule has 2 heterocycles. The largest absolute Gasteiger partial charge is 0.463 e. The first kappa shape index (κ1) is 13.6. The van der Waals surface area contributed by atoms with Crippen LogP contribution in [0.5, 0.6) is 0 Å². The first-order valence-electron chi connectivity index (χ1n) is 6.84. The molecule has 0 saturated carbocycles. The lowest BCUT2D eigenvalue weighted by atomic mass is 10.2. The van der Waals surface area contributed by atoms with Gasteiger partial charge < -0.3 is 10.2 Å². The summed E-state index contributed by atoms with van der Waals surface area (Å²) in [6.45, 7) is 12.5. The van der Waals surface area contributed by atoms with Crippen molar-refractivity contribution in [2.75, 3.05) is 26.2 Å². The zero-order valence-electron chi connectivity index (χ0n) is 11.8. The molecule has 0 spiro atoms. The average molecular weight is 251 g/mol. The first-order valence-corrected chi connectivity index (χ1v) is 6.84. The van der Waals surface area contributed by atoms with Crippen LogP contribution in [0, 0.1) is 6.92 Å². The van der Waals surface area contributed by atoms with Crippen molar-refractivity contribution in [3.05, 3.63) is 23.2 Å². The number of hydrogen-bond acceptors (Lipinski definition) is 4. The van der Waals surface area contributed by atoms with Gasteiger partial charge in [-0.2, -0.15) is 0 Å². The maximum absolute atomic E-state index is 5.76. The molecule has 4 nitrogen and oxygen atoms in total. The van der Waals surface area contributed by atoms with Crippen LogP contribution in [0.3, 0.4) is 0 Å². The van der Waals surface area contributed by atoms with Crippen molar-refractivity contribution in [3.63, 3.8) is 0 Å². The molecule has 0 aromatic carbocycles. The first-order chi connectivity index (χ1) is 8.60. The van der Waals surface area contributed by atoms with Crippen LogP contribution in [0.15, 0.2) is 10.5 Å². The number of nitrogens with two attached hydrogens (primary N) is 1. The Balaban J connectivity index is 1.87. The highest BCUT2D eigenvalue weighted by molar-refractivity contribution is 5.19. The smallest absolute Gasteiger partial charge is 0.120 e. The molecule has 1 aromatic heterocycles. The van der Waals surface area contributed by atoms with E-state index in [2.05, 4.69) is 36.6 Å². The Labute approximate surface area is 110 Å². The van der Waals surface area contributed by atoms with E-state index in [1.807, 2.05) is 0 Å². The fraction of sp³-hybridized carbons (Fsp3) is 0.714. The van der Waals surface area contributed by atoms with Crippen LogP contribution in [0.4, 0.5) is 0 Å². The fourth-order valence-electron chi connectivity index (χ4n) is 2.53. The summed E-state index contributed by atoms with van der Waals surface area (Å²) in [6.07, 6.45) is 0. The van der Waals surface area contributed by atoms with Crippen LogP contribution < -0.4 is 5.73 Å². The van der Waals surface area contributed by atoms with E-state index in [4.69, 9.17) is 10.2 Å². The van der Waals surface area contributed by atoms with E-state index in [-0.39, 0.29) is 0 Å². The summed E-state index contributed by atoms with van der Waals surface area (Å²) < 4.78 is 5.76. The molecule has 102 valence electrons. The molecular weight excluding hydrogens is 226 g/mol. The fourth-order valence-corrected chi connectivity index (χ4v) is 2.53. The second kappa shape index (κ2) is 5.87. The molecule has 0 amide bonds. The van der Waals surface area contributed by atoms with E-state index in [1.165, 1.54) is 5.56 Å². The molecule has 18 heavy (non-hydrogen) atoms. The molecule has 4 heteroatoms. The van der Waals surface area contributed by atoms with Gasteiger partial charge in [0.05, 0.1) is 13.1 Å². The number of hydrogen-bond donors (Lipinski definition) is 1. The molecule has 1 aliphatic heterocycles. The van der Waals surface area contributed by atoms with Crippen LogP contribution >= 0.6 is 0 Å². The number of furan rings is 1. The van der Waals surface area contributed by atoms with Gasteiger partial charge in [-0.3, -0.25) is 9.80 Å². The summed E-state index contributed by atoms with van der Waals surface area (Å²) in [5.74, 6) is 1.97. The Kier molecular flexibility index (Phi) is 4.43. The number of piperazine rings is 1. The van der Waals surface area contributed by atoms with Crippen molar-refractivity contribution in [2.24, 2.45) is 5.73 Å². The quantitative estimate of drug-likeness (QED) is 0.882. The minimum atomic E-state index is 0.493. The third-order valence-electron chi connectivity index (χ3n) is 3.77. The minimum Gasteiger partial charge on any atom is -0.463 e. The monoisotopic (exact) mass is 251 g/mol. The lowest BCUT2D eigenvalue weighted by molar-refractivity contribution is 0.0987. The van der Waals surface area contributed by atoms with Crippen LogP contribution in [0.1, 0.15) is 30.9 Å². The average Bonchev–Trinajstić information content (AvgIpc) is 2.70. The third-order valence-corrected chi connectivity index (χ3v) is 3.77. The Morgan fingerprint density at radius 3 is 2.44 bits per heavy atom. The molecule has 0 radical (unpaired) electrons. The minimum absolute atomic E-state index is 0.493. The molecule has 0 unspecified atom stereocenters. The molecule has 0 aliphatic carbocycles. The van der Waals surface area contributed by atoms with Gasteiger partial charge >= 0.3 is 0 Å². The molecule has 2 N–H and O–H groups in total. The van der Waals surface area contributed by atoms with Gasteiger partial charge in [0, 0.05) is 32.2 Å². The molecule has 1 aliphatic rings. The van der Waals surface area contributed by atoms with Gasteiger partial charge in [-0.25, -0.2) is 0 Å². The van der Waals surface area contributed by atoms with E-state index in [0.717, 1.165) is 44.2 Å². The summed E-state index contributed by atoms with van der Waals surface area (Å²) in [7, 11) is 0. The SMILES string of the molecule is Cc1cc(CN2CCN(C(C)C)CC2)oc1CN. The highest BCUT2D eigenvalue weighted by Gasteiger charge is 2.19. The van der Waals surface area contributed by atoms with Gasteiger partial charge in [0.1, 0.15) is 11.5 Å². The van der Waals surface area contributed by atoms with Crippen LogP contribution in [-0.2, 0) is 13.1 Å². The maximum atomic E-state index is 5.76. The zero-order valence-corrected chi connectivity index (χ0v) is 11.8. The van der Waals surface area contributed by atoms with Gasteiger partial charge in [-0.05, 0) is 32.4 Å². The Bertz CT molecular complexity index is 378. The lowest BCUT2D eigenvalue weighted by Gasteiger charge is -2.36. The number of aryl methyl sites for hydroxylation is 1. The van der Waals surface area contributed by atoms with Crippen molar-refractivity contribution >= 4 is 0 Å². The Hall–Kier alpha value is -0.840. The van der Waals surface area contributed by atoms with Crippen molar-refractivity contribution < 1.29 is 4.42 Å². The van der Waals surface area contributed by atoms with Crippen LogP contribution in [-0.4, -0.2) is 42.0 Å². The molecule has 2 rings (SSSR count). The van der Waals surface area contributed by atoms with Gasteiger partial charge in [0.2, 0.25) is 0 Å². The van der Waals surface area contributed by atoms with Gasteiger partial charge in [-0.1, -0.05) is 0 Å². The lowest BCUT2D eigenvalue weighted by Crippen LogP contribution is -2.48. The Morgan fingerprint density at radius 2 is 1.94 bits per heavy atom. The van der Waals surface area contributed by atoms with E-state index in [0.29, 0.717) is 12.6 Å². The molecule has 1 fully saturated rings. The summed E-state index contributed by atoms with van der Waals surface area (Å²) in [5.41, 5.74) is 6.81. The normalized spacial score (nSPS) is 18.7. The van der Waals surface area contributed by atoms with Crippen LogP contribution in [0.25, 0.3) is 0 Å². The highest BCUT2D eigenvalue weighted by Crippen LogP contribution is 2.17. The standard InChI is InChI=1S/C14H25N3O/c1-11(2)17-6-4-16(5-7-17)10-13-8-12(3)14(9-15)18-13/h8,11H,4-7,9-10,15H2,1-3H3. The number of rotatable bonds is 4. The van der Waals surface area contributed by atoms with E-state index in [9.17, 15) is 0 Å². The third kappa shape index (κ3) is 3.13. The van der Waals surface area contributed by atoms with E-state index in [1.54, 1.807) is 0 Å². The zero-order chi connectivity index (χ0) is 13.1. The number of nitrogens with zero attached hydrogens (tertiary/aromatic N) is 2. The molecule has 0 bridgehead atoms. The van der Waals surface area contributed by atoms with Crippen molar-refractivity contribution in [1.82, 2.24) is 9.80 Å². The van der Waals surface area contributed by atoms with Crippen molar-refractivity contribution in [2.45, 2.75) is 39.9 Å². The highest BCUT2D eigenvalue weighted by atomic mass is 16.3. The van der Waals surface area contributed by atoms with Gasteiger partial charge in [0.25, 0.3) is 0 Å². The molecule has 1 aromatic rings. The maximum Gasteiger partial charge on any atom is 0.120 e. The summed E-state index contributed by atoms with van der Waals surface area (Å²) in [5, 5.41) is 0. The molecular formula is C14H25N3O. The topological polar surface area (TPSA) is 45.6 Å². The van der Waals surface area contributed by atoms with Crippen molar-refractivity contribution in [1.29, 1.82) is 0 Å². The molecule has 0 atom stereocenters. The predicted molar refractivity (Wildman–Crippen MR) is 73.3 cm³/mol. The molecule has 1 saturated heterocycles. The summed E-state index contributed by atoms with van der Waals surface area (Å²) in [4.78, 5) is 4.98. The van der Waals surface area contributed by atoms with Gasteiger partial charge in [0.15, 0.2) is 0 Å². The van der Waals surface area contributed by atoms with Crippen molar-refractivity contribution in [3.8, 4) is 0 Å². The van der Waals surface area contributed by atoms with Gasteiger partial charge in [-0.15, -0.1) is 0 Å².